The van der Waals surface area contributed by atoms with Crippen LogP contribution in [-0.4, -0.2) is 47.5 Å². The molecule has 1 N–H and O–H groups in total. The molecule has 0 spiro atoms. The number of hydrogen-bond donors (Lipinski definition) is 1. The summed E-state index contributed by atoms with van der Waals surface area (Å²) in [4.78, 5) is 2.24. The second kappa shape index (κ2) is 6.87. The molecule has 1 saturated heterocycles. The van der Waals surface area contributed by atoms with Crippen LogP contribution in [0, 0.1) is 19.8 Å². The summed E-state index contributed by atoms with van der Waals surface area (Å²) in [6.07, 6.45) is 0.432. The average Bonchev–Trinajstić information content (AvgIpc) is 3.00. The lowest BCUT2D eigenvalue weighted by Crippen LogP contribution is -2.19. The van der Waals surface area contributed by atoms with Crippen LogP contribution in [0.3, 0.4) is 0 Å². The number of rotatable bonds is 4. The summed E-state index contributed by atoms with van der Waals surface area (Å²) in [6.45, 7) is 5.95. The Morgan fingerprint density at radius 3 is 2.67 bits per heavy atom. The van der Waals surface area contributed by atoms with Crippen LogP contribution in [-0.2, 0) is 0 Å². The third-order valence-electron chi connectivity index (χ3n) is 4.79. The smallest absolute Gasteiger partial charge is 0.128 e. The molecule has 5 heteroatoms. The van der Waals surface area contributed by atoms with Gasteiger partial charge < -0.3 is 14.7 Å². The van der Waals surface area contributed by atoms with E-state index < -0.39 is 6.10 Å². The second-order valence-corrected chi connectivity index (χ2v) is 6.76. The normalized spacial score (nSPS) is 19.5. The van der Waals surface area contributed by atoms with Crippen molar-refractivity contribution in [3.05, 3.63) is 41.1 Å². The first-order valence-electron chi connectivity index (χ1n) is 8.35. The van der Waals surface area contributed by atoms with Crippen molar-refractivity contribution >= 4 is 0 Å². The van der Waals surface area contributed by atoms with Gasteiger partial charge in [-0.25, -0.2) is 0 Å². The van der Waals surface area contributed by atoms with Crippen molar-refractivity contribution in [3.8, 4) is 17.0 Å². The molecule has 3 rings (SSSR count). The molecular weight excluding hydrogens is 302 g/mol. The maximum absolute atomic E-state index is 10.6. The molecule has 2 aromatic rings. The van der Waals surface area contributed by atoms with Crippen LogP contribution in [0.4, 0.5) is 0 Å². The van der Waals surface area contributed by atoms with Crippen LogP contribution in [0.15, 0.2) is 24.3 Å². The zero-order chi connectivity index (χ0) is 17.3. The Morgan fingerprint density at radius 2 is 2.04 bits per heavy atom. The number of likely N-dealkylation sites (tertiary alicyclic amines) is 1. The van der Waals surface area contributed by atoms with Crippen molar-refractivity contribution < 1.29 is 9.84 Å². The molecule has 0 bridgehead atoms. The highest BCUT2D eigenvalue weighted by molar-refractivity contribution is 5.70. The number of nitrogens with zero attached hydrogens (tertiary/aromatic N) is 3. The fourth-order valence-electron chi connectivity index (χ4n) is 3.38. The minimum Gasteiger partial charge on any atom is -0.496 e. The van der Waals surface area contributed by atoms with Gasteiger partial charge in [0.15, 0.2) is 0 Å². The van der Waals surface area contributed by atoms with E-state index in [0.717, 1.165) is 47.6 Å². The first-order valence-corrected chi connectivity index (χ1v) is 8.35. The number of aromatic nitrogens is 2. The van der Waals surface area contributed by atoms with Crippen LogP contribution in [0.2, 0.25) is 0 Å². The van der Waals surface area contributed by atoms with Crippen LogP contribution in [0.25, 0.3) is 11.3 Å². The summed E-state index contributed by atoms with van der Waals surface area (Å²) in [5, 5.41) is 19.3. The van der Waals surface area contributed by atoms with Crippen molar-refractivity contribution in [1.29, 1.82) is 0 Å². The zero-order valence-electron chi connectivity index (χ0n) is 14.8. The van der Waals surface area contributed by atoms with Gasteiger partial charge in [-0.1, -0.05) is 6.07 Å². The molecule has 0 aliphatic carbocycles. The van der Waals surface area contributed by atoms with Crippen molar-refractivity contribution in [1.82, 2.24) is 15.1 Å². The van der Waals surface area contributed by atoms with E-state index in [4.69, 9.17) is 4.74 Å². The predicted octanol–water partition coefficient (Wildman–Crippen LogP) is 2.75. The Bertz CT molecular complexity index is 733. The highest BCUT2D eigenvalue weighted by Gasteiger charge is 2.29. The van der Waals surface area contributed by atoms with Gasteiger partial charge >= 0.3 is 0 Å². The first kappa shape index (κ1) is 16.9. The second-order valence-electron chi connectivity index (χ2n) is 6.76. The molecule has 1 fully saturated rings. The van der Waals surface area contributed by atoms with Gasteiger partial charge in [-0.15, -0.1) is 5.10 Å². The zero-order valence-corrected chi connectivity index (χ0v) is 14.8. The predicted molar refractivity (Wildman–Crippen MR) is 94.1 cm³/mol. The largest absolute Gasteiger partial charge is 0.496 e. The Labute approximate surface area is 143 Å². The summed E-state index contributed by atoms with van der Waals surface area (Å²) in [5.41, 5.74) is 4.51. The van der Waals surface area contributed by atoms with Crippen molar-refractivity contribution in [2.75, 3.05) is 27.2 Å². The van der Waals surface area contributed by atoms with E-state index in [1.807, 2.05) is 38.1 Å². The van der Waals surface area contributed by atoms with E-state index in [1.165, 1.54) is 0 Å². The maximum Gasteiger partial charge on any atom is 0.128 e. The van der Waals surface area contributed by atoms with E-state index in [-0.39, 0.29) is 5.92 Å². The summed E-state index contributed by atoms with van der Waals surface area (Å²) in [7, 11) is 3.74. The van der Waals surface area contributed by atoms with Crippen LogP contribution in [0.5, 0.6) is 5.75 Å². The van der Waals surface area contributed by atoms with Crippen LogP contribution >= 0.6 is 0 Å². The molecule has 128 valence electrons. The monoisotopic (exact) mass is 327 g/mol. The standard InChI is InChI=1S/C19H25N3O2/c1-12-5-6-15(17(9-12)24-4)18-13(2)10-16(20-21-18)19(23)14-7-8-22(3)11-14/h5-6,9-10,14,19,23H,7-8,11H2,1-4H3/t14-,19?/m1/s1. The number of methoxy groups -OCH3 is 1. The van der Waals surface area contributed by atoms with Crippen LogP contribution in [0.1, 0.15) is 29.3 Å². The lowest BCUT2D eigenvalue weighted by atomic mass is 9.97. The molecule has 1 aromatic heterocycles. The molecule has 24 heavy (non-hydrogen) atoms. The Balaban J connectivity index is 1.90. The van der Waals surface area contributed by atoms with Gasteiger partial charge in [0, 0.05) is 18.0 Å². The third-order valence-corrected chi connectivity index (χ3v) is 4.79. The molecule has 1 unspecified atom stereocenters. The number of aryl methyl sites for hydroxylation is 2. The van der Waals surface area contributed by atoms with E-state index in [2.05, 4.69) is 22.1 Å². The van der Waals surface area contributed by atoms with Gasteiger partial charge in [0.25, 0.3) is 0 Å². The van der Waals surface area contributed by atoms with E-state index >= 15 is 0 Å². The molecule has 1 aliphatic heterocycles. The topological polar surface area (TPSA) is 58.5 Å². The maximum atomic E-state index is 10.6. The molecule has 1 aromatic carbocycles. The molecule has 0 amide bonds. The van der Waals surface area contributed by atoms with Gasteiger partial charge in [-0.3, -0.25) is 0 Å². The Morgan fingerprint density at radius 1 is 1.25 bits per heavy atom. The number of ether oxygens (including phenoxy) is 1. The number of aliphatic hydroxyl groups excluding tert-OH is 1. The van der Waals surface area contributed by atoms with Crippen molar-refractivity contribution in [3.63, 3.8) is 0 Å². The minimum absolute atomic E-state index is 0.225. The summed E-state index contributed by atoms with van der Waals surface area (Å²) in [5.74, 6) is 1.02. The molecule has 2 heterocycles. The molecule has 0 saturated carbocycles. The van der Waals surface area contributed by atoms with E-state index in [1.54, 1.807) is 7.11 Å². The lowest BCUT2D eigenvalue weighted by Gasteiger charge is -2.18. The van der Waals surface area contributed by atoms with Gasteiger partial charge in [0.1, 0.15) is 11.9 Å². The SMILES string of the molecule is COc1cc(C)ccc1-c1nnc(C(O)[C@@H]2CCN(C)C2)cc1C. The highest BCUT2D eigenvalue weighted by atomic mass is 16.5. The van der Waals surface area contributed by atoms with Crippen molar-refractivity contribution in [2.24, 2.45) is 5.92 Å². The summed E-state index contributed by atoms with van der Waals surface area (Å²) in [6, 6.07) is 7.99. The minimum atomic E-state index is -0.560. The van der Waals surface area contributed by atoms with E-state index in [9.17, 15) is 5.11 Å². The Kier molecular flexibility index (Phi) is 4.83. The summed E-state index contributed by atoms with van der Waals surface area (Å²) >= 11 is 0. The quantitative estimate of drug-likeness (QED) is 0.936. The average molecular weight is 327 g/mol. The lowest BCUT2D eigenvalue weighted by molar-refractivity contribution is 0.107. The number of aliphatic hydroxyl groups is 1. The fourth-order valence-corrected chi connectivity index (χ4v) is 3.38. The molecular formula is C19H25N3O2. The van der Waals surface area contributed by atoms with Crippen molar-refractivity contribution in [2.45, 2.75) is 26.4 Å². The van der Waals surface area contributed by atoms with Gasteiger partial charge in [-0.2, -0.15) is 5.10 Å². The van der Waals surface area contributed by atoms with Gasteiger partial charge in [-0.05, 0) is 63.2 Å². The Hall–Kier alpha value is -1.98. The van der Waals surface area contributed by atoms with Gasteiger partial charge in [0.05, 0.1) is 18.5 Å². The number of benzene rings is 1. The summed E-state index contributed by atoms with van der Waals surface area (Å²) < 4.78 is 5.48. The van der Waals surface area contributed by atoms with E-state index in [0.29, 0.717) is 5.69 Å². The highest BCUT2D eigenvalue weighted by Crippen LogP contribution is 2.33. The van der Waals surface area contributed by atoms with Gasteiger partial charge in [0.2, 0.25) is 0 Å². The molecule has 1 aliphatic rings. The molecule has 2 atom stereocenters. The molecule has 5 nitrogen and oxygen atoms in total. The van der Waals surface area contributed by atoms with Crippen LogP contribution < -0.4 is 4.74 Å². The number of hydrogen-bond acceptors (Lipinski definition) is 5. The first-order chi connectivity index (χ1) is 11.5. The molecule has 0 radical (unpaired) electrons. The third kappa shape index (κ3) is 3.28. The fraction of sp³-hybridized carbons (Fsp3) is 0.474.